The Morgan fingerprint density at radius 1 is 1.17 bits per heavy atom. The average molecular weight is 414 g/mol. The molecule has 29 heavy (non-hydrogen) atoms. The Morgan fingerprint density at radius 2 is 1.93 bits per heavy atom. The molecule has 0 radical (unpaired) electrons. The summed E-state index contributed by atoms with van der Waals surface area (Å²) in [6.45, 7) is 6.79. The van der Waals surface area contributed by atoms with Crippen molar-refractivity contribution < 1.29 is 19.1 Å². The highest BCUT2D eigenvalue weighted by molar-refractivity contribution is 6.31. The fraction of sp³-hybridized carbons (Fsp3) is 0.348. The summed E-state index contributed by atoms with van der Waals surface area (Å²) in [5.74, 6) is -0.949. The van der Waals surface area contributed by atoms with Crippen molar-refractivity contribution in [1.29, 1.82) is 0 Å². The molecule has 3 rings (SSSR count). The van der Waals surface area contributed by atoms with Crippen LogP contribution >= 0.6 is 11.6 Å². The van der Waals surface area contributed by atoms with Crippen molar-refractivity contribution in [3.63, 3.8) is 0 Å². The molecule has 1 heterocycles. The van der Waals surface area contributed by atoms with Crippen LogP contribution in [0.4, 0.5) is 0 Å². The third-order valence-corrected chi connectivity index (χ3v) is 5.12. The van der Waals surface area contributed by atoms with Gasteiger partial charge in [0.25, 0.3) is 0 Å². The van der Waals surface area contributed by atoms with Crippen molar-refractivity contribution in [2.75, 3.05) is 6.79 Å². The summed E-state index contributed by atoms with van der Waals surface area (Å²) in [6.07, 6.45) is 4.97. The molecule has 0 N–H and O–H groups in total. The van der Waals surface area contributed by atoms with Crippen LogP contribution in [0, 0.1) is 12.3 Å². The number of fused-ring (bicyclic) bond motifs is 1. The molecule has 0 aliphatic heterocycles. The molecule has 1 aromatic carbocycles. The molecule has 0 saturated carbocycles. The van der Waals surface area contributed by atoms with Gasteiger partial charge in [0.15, 0.2) is 0 Å². The molecule has 1 aromatic heterocycles. The first-order valence-corrected chi connectivity index (χ1v) is 9.79. The van der Waals surface area contributed by atoms with Crippen LogP contribution in [0.2, 0.25) is 5.02 Å². The predicted molar refractivity (Wildman–Crippen MR) is 112 cm³/mol. The quantitative estimate of drug-likeness (QED) is 0.513. The molecule has 152 valence electrons. The zero-order valence-electron chi connectivity index (χ0n) is 17.0. The SMILES string of the molecule is Cc1cc(CC2=Cc3nccc(C(=O)OCOC(=O)C(C)(C)C)c3C2)ccc1Cl. The lowest BCUT2D eigenvalue weighted by Crippen LogP contribution is -2.25. The van der Waals surface area contributed by atoms with Crippen LogP contribution in [0.1, 0.15) is 53.5 Å². The van der Waals surface area contributed by atoms with Gasteiger partial charge < -0.3 is 9.47 Å². The minimum absolute atomic E-state index is 0.406. The number of halogens is 1. The fourth-order valence-corrected chi connectivity index (χ4v) is 3.22. The molecule has 0 unspecified atom stereocenters. The summed E-state index contributed by atoms with van der Waals surface area (Å²) in [7, 11) is 0. The second kappa shape index (κ2) is 8.37. The standard InChI is InChI=1S/C23H24ClNO4/c1-14-9-15(5-6-19(14)24)10-16-11-18-17(7-8-25-20(18)12-16)21(26)28-13-29-22(27)23(2,3)4/h5-9,12H,10-11,13H2,1-4H3. The Labute approximate surface area is 175 Å². The highest BCUT2D eigenvalue weighted by atomic mass is 35.5. The molecule has 6 heteroatoms. The van der Waals surface area contributed by atoms with Gasteiger partial charge in [0, 0.05) is 11.2 Å². The zero-order valence-corrected chi connectivity index (χ0v) is 17.8. The number of nitrogens with zero attached hydrogens (tertiary/aromatic N) is 1. The molecule has 2 aromatic rings. The maximum absolute atomic E-state index is 12.5. The minimum Gasteiger partial charge on any atom is -0.427 e. The van der Waals surface area contributed by atoms with Crippen LogP contribution < -0.4 is 0 Å². The smallest absolute Gasteiger partial charge is 0.341 e. The van der Waals surface area contributed by atoms with E-state index in [1.165, 1.54) is 0 Å². The van der Waals surface area contributed by atoms with Crippen molar-refractivity contribution in [3.8, 4) is 0 Å². The van der Waals surface area contributed by atoms with Crippen LogP contribution in [-0.4, -0.2) is 23.7 Å². The maximum Gasteiger partial charge on any atom is 0.341 e. The van der Waals surface area contributed by atoms with Crippen LogP contribution in [-0.2, 0) is 27.1 Å². The summed E-state index contributed by atoms with van der Waals surface area (Å²) in [5.41, 5.74) is 4.75. The molecule has 0 fully saturated rings. The Balaban J connectivity index is 1.65. The van der Waals surface area contributed by atoms with Crippen molar-refractivity contribution in [3.05, 3.63) is 69.0 Å². The van der Waals surface area contributed by atoms with Gasteiger partial charge in [-0.1, -0.05) is 29.3 Å². The number of carbonyl (C=O) groups is 2. The summed E-state index contributed by atoms with van der Waals surface area (Å²) in [5, 5.41) is 0.747. The topological polar surface area (TPSA) is 65.5 Å². The van der Waals surface area contributed by atoms with Crippen molar-refractivity contribution in [1.82, 2.24) is 4.98 Å². The highest BCUT2D eigenvalue weighted by Crippen LogP contribution is 2.29. The number of aryl methyl sites for hydroxylation is 1. The second-order valence-electron chi connectivity index (χ2n) is 8.19. The summed E-state index contributed by atoms with van der Waals surface area (Å²) in [4.78, 5) is 28.7. The number of aromatic nitrogens is 1. The molecule has 1 aliphatic carbocycles. The number of carbonyl (C=O) groups excluding carboxylic acids is 2. The first kappa shape index (κ1) is 21.1. The number of ether oxygens (including phenoxy) is 2. The first-order chi connectivity index (χ1) is 13.6. The largest absolute Gasteiger partial charge is 0.427 e. The van der Waals surface area contributed by atoms with Crippen LogP contribution in [0.3, 0.4) is 0 Å². The van der Waals surface area contributed by atoms with E-state index < -0.39 is 24.1 Å². The van der Waals surface area contributed by atoms with Gasteiger partial charge in [-0.3, -0.25) is 9.78 Å². The van der Waals surface area contributed by atoms with Gasteiger partial charge in [0.05, 0.1) is 16.7 Å². The van der Waals surface area contributed by atoms with E-state index in [4.69, 9.17) is 21.1 Å². The third kappa shape index (κ3) is 5.04. The van der Waals surface area contributed by atoms with E-state index in [1.807, 2.05) is 25.1 Å². The minimum atomic E-state index is -0.650. The molecule has 5 nitrogen and oxygen atoms in total. The zero-order chi connectivity index (χ0) is 21.2. The molecule has 0 bridgehead atoms. The van der Waals surface area contributed by atoms with E-state index in [-0.39, 0.29) is 0 Å². The van der Waals surface area contributed by atoms with Gasteiger partial charge in [-0.05, 0) is 75.4 Å². The summed E-state index contributed by atoms with van der Waals surface area (Å²) >= 11 is 6.10. The Morgan fingerprint density at radius 3 is 2.62 bits per heavy atom. The van der Waals surface area contributed by atoms with E-state index in [2.05, 4.69) is 11.1 Å². The van der Waals surface area contributed by atoms with E-state index >= 15 is 0 Å². The second-order valence-corrected chi connectivity index (χ2v) is 8.60. The Hall–Kier alpha value is -2.66. The van der Waals surface area contributed by atoms with Crippen molar-refractivity contribution in [2.45, 2.75) is 40.5 Å². The fourth-order valence-electron chi connectivity index (χ4n) is 3.10. The number of esters is 2. The van der Waals surface area contributed by atoms with E-state index in [9.17, 15) is 9.59 Å². The van der Waals surface area contributed by atoms with Crippen molar-refractivity contribution >= 4 is 29.6 Å². The molecule has 0 amide bonds. The monoisotopic (exact) mass is 413 g/mol. The van der Waals surface area contributed by atoms with Crippen LogP contribution in [0.25, 0.3) is 6.08 Å². The van der Waals surface area contributed by atoms with Crippen molar-refractivity contribution in [2.24, 2.45) is 5.41 Å². The van der Waals surface area contributed by atoms with Crippen LogP contribution in [0.15, 0.2) is 36.0 Å². The van der Waals surface area contributed by atoms with E-state index in [0.717, 1.165) is 39.4 Å². The lowest BCUT2D eigenvalue weighted by molar-refractivity contribution is -0.161. The number of rotatable bonds is 5. The van der Waals surface area contributed by atoms with Gasteiger partial charge in [-0.15, -0.1) is 0 Å². The van der Waals surface area contributed by atoms with E-state index in [1.54, 1.807) is 33.0 Å². The third-order valence-electron chi connectivity index (χ3n) is 4.70. The van der Waals surface area contributed by atoms with E-state index in [0.29, 0.717) is 12.0 Å². The van der Waals surface area contributed by atoms with Gasteiger partial charge in [-0.25, -0.2) is 4.79 Å². The lowest BCUT2D eigenvalue weighted by atomic mass is 9.98. The normalized spacial score (nSPS) is 12.9. The number of hydrogen-bond acceptors (Lipinski definition) is 5. The molecule has 0 spiro atoms. The summed E-state index contributed by atoms with van der Waals surface area (Å²) < 4.78 is 10.2. The average Bonchev–Trinajstić information content (AvgIpc) is 3.06. The van der Waals surface area contributed by atoms with Crippen LogP contribution in [0.5, 0.6) is 0 Å². The number of pyridine rings is 1. The number of hydrogen-bond donors (Lipinski definition) is 0. The molecular weight excluding hydrogens is 390 g/mol. The predicted octanol–water partition coefficient (Wildman–Crippen LogP) is 4.93. The van der Waals surface area contributed by atoms with Gasteiger partial charge in [0.2, 0.25) is 6.79 Å². The number of benzene rings is 1. The van der Waals surface area contributed by atoms with Gasteiger partial charge >= 0.3 is 11.9 Å². The summed E-state index contributed by atoms with van der Waals surface area (Å²) in [6, 6.07) is 7.61. The van der Waals surface area contributed by atoms with Gasteiger partial charge in [-0.2, -0.15) is 0 Å². The molecule has 1 aliphatic rings. The van der Waals surface area contributed by atoms with Gasteiger partial charge in [0.1, 0.15) is 0 Å². The highest BCUT2D eigenvalue weighted by Gasteiger charge is 2.25. The Kier molecular flexibility index (Phi) is 6.08. The maximum atomic E-state index is 12.5. The Bertz CT molecular complexity index is 989. The molecule has 0 saturated heterocycles. The first-order valence-electron chi connectivity index (χ1n) is 9.42. The number of allylic oxidation sites excluding steroid dienone is 1. The lowest BCUT2D eigenvalue weighted by Gasteiger charge is -2.16. The molecule has 0 atom stereocenters. The molecular formula is C23H24ClNO4.